The summed E-state index contributed by atoms with van der Waals surface area (Å²) in [7, 11) is 0. The fraction of sp³-hybridized carbons (Fsp3) is 0.400. The Morgan fingerprint density at radius 2 is 1.32 bits per heavy atom. The third-order valence-electron chi connectivity index (χ3n) is 3.60. The van der Waals surface area contributed by atoms with Gasteiger partial charge in [-0.3, -0.25) is 4.52 Å². The van der Waals surface area contributed by atoms with Gasteiger partial charge in [-0.15, -0.1) is 0 Å². The van der Waals surface area contributed by atoms with Gasteiger partial charge in [0, 0.05) is 11.8 Å². The highest BCUT2D eigenvalue weighted by molar-refractivity contribution is 8.07. The van der Waals surface area contributed by atoms with E-state index in [1.807, 2.05) is 60.7 Å². The van der Waals surface area contributed by atoms with Crippen LogP contribution >= 0.6 is 6.72 Å². The third-order valence-corrected chi connectivity index (χ3v) is 5.73. The Morgan fingerprint density at radius 1 is 0.800 bits per heavy atom. The lowest BCUT2D eigenvalue weighted by Crippen LogP contribution is -2.06. The van der Waals surface area contributed by atoms with Crippen molar-refractivity contribution in [3.63, 3.8) is 0 Å². The lowest BCUT2D eigenvalue weighted by molar-refractivity contribution is 0.254. The maximum Gasteiger partial charge on any atom is 0.434 e. The van der Waals surface area contributed by atoms with E-state index in [1.54, 1.807) is 0 Å². The van der Waals surface area contributed by atoms with E-state index >= 15 is 0 Å². The van der Waals surface area contributed by atoms with Crippen LogP contribution in [0.25, 0.3) is 0 Å². The van der Waals surface area contributed by atoms with Gasteiger partial charge < -0.3 is 9.05 Å². The van der Waals surface area contributed by atoms with Crippen molar-refractivity contribution in [1.29, 1.82) is 0 Å². The Bertz CT molecular complexity index is 601. The van der Waals surface area contributed by atoms with Gasteiger partial charge in [-0.05, 0) is 36.6 Å². The van der Waals surface area contributed by atoms with Crippen LogP contribution in [-0.4, -0.2) is 6.61 Å². The monoisotopic (exact) mass is 378 g/mol. The van der Waals surface area contributed by atoms with Gasteiger partial charge >= 0.3 is 6.72 Å². The van der Waals surface area contributed by atoms with Crippen molar-refractivity contribution < 1.29 is 13.6 Å². The Kier molecular flexibility index (Phi) is 8.47. The lowest BCUT2D eigenvalue weighted by Gasteiger charge is -2.23. The fourth-order valence-corrected chi connectivity index (χ4v) is 4.30. The van der Waals surface area contributed by atoms with E-state index in [4.69, 9.17) is 25.4 Å². The van der Waals surface area contributed by atoms with E-state index in [2.05, 4.69) is 13.8 Å². The fourth-order valence-electron chi connectivity index (χ4n) is 2.30. The normalized spacial score (nSPS) is 11.5. The molecule has 0 aliphatic heterocycles. The molecular weight excluding hydrogens is 351 g/mol. The van der Waals surface area contributed by atoms with Crippen LogP contribution in [0, 0.1) is 5.92 Å². The van der Waals surface area contributed by atoms with Crippen LogP contribution in [0.15, 0.2) is 60.7 Å². The van der Waals surface area contributed by atoms with E-state index in [1.165, 1.54) is 12.8 Å². The molecule has 0 unspecified atom stereocenters. The van der Waals surface area contributed by atoms with Crippen molar-refractivity contribution in [2.24, 2.45) is 5.92 Å². The standard InChI is InChI=1S/C20H27O3PS/c1-18(2)12-6-5-11-17-21-24(25,22-19-13-7-3-8-14-19)23-20-15-9-4-10-16-20/h3-4,7-10,13-16,18H,5-6,11-12,17H2,1-2H3. The molecule has 25 heavy (non-hydrogen) atoms. The summed E-state index contributed by atoms with van der Waals surface area (Å²) in [4.78, 5) is 0. The summed E-state index contributed by atoms with van der Waals surface area (Å²) >= 11 is 5.63. The van der Waals surface area contributed by atoms with Crippen LogP contribution < -0.4 is 9.05 Å². The van der Waals surface area contributed by atoms with Crippen molar-refractivity contribution in [3.05, 3.63) is 60.7 Å². The van der Waals surface area contributed by atoms with Crippen LogP contribution in [0.3, 0.4) is 0 Å². The van der Waals surface area contributed by atoms with Gasteiger partial charge in [-0.1, -0.05) is 69.5 Å². The molecule has 2 rings (SSSR count). The summed E-state index contributed by atoms with van der Waals surface area (Å²) in [6.07, 6.45) is 4.55. The molecule has 0 heterocycles. The van der Waals surface area contributed by atoms with Crippen LogP contribution in [0.4, 0.5) is 0 Å². The zero-order chi connectivity index (χ0) is 18.0. The van der Waals surface area contributed by atoms with E-state index in [0.717, 1.165) is 18.8 Å². The number of benzene rings is 2. The first-order valence-corrected chi connectivity index (χ1v) is 11.4. The second-order valence-electron chi connectivity index (χ2n) is 6.33. The quantitative estimate of drug-likeness (QED) is 0.325. The largest absolute Gasteiger partial charge is 0.434 e. The molecule has 0 spiro atoms. The zero-order valence-electron chi connectivity index (χ0n) is 15.0. The van der Waals surface area contributed by atoms with Crippen molar-refractivity contribution in [2.45, 2.75) is 39.5 Å². The van der Waals surface area contributed by atoms with E-state index in [9.17, 15) is 0 Å². The van der Waals surface area contributed by atoms with Gasteiger partial charge in [0.1, 0.15) is 11.5 Å². The predicted octanol–water partition coefficient (Wildman–Crippen LogP) is 6.60. The molecule has 0 saturated heterocycles. The van der Waals surface area contributed by atoms with E-state index in [0.29, 0.717) is 18.1 Å². The molecule has 0 radical (unpaired) electrons. The number of rotatable bonds is 11. The Balaban J connectivity index is 1.93. The van der Waals surface area contributed by atoms with Gasteiger partial charge in [-0.2, -0.15) is 0 Å². The molecule has 0 fully saturated rings. The van der Waals surface area contributed by atoms with E-state index in [-0.39, 0.29) is 0 Å². The van der Waals surface area contributed by atoms with Gasteiger partial charge in [0.2, 0.25) is 0 Å². The molecular formula is C20H27O3PS. The average molecular weight is 378 g/mol. The number of unbranched alkanes of at least 4 members (excludes halogenated alkanes) is 2. The first kappa shape index (κ1) is 20.0. The Labute approximate surface area is 156 Å². The summed E-state index contributed by atoms with van der Waals surface area (Å²) in [6.45, 7) is 2.15. The smallest absolute Gasteiger partial charge is 0.416 e. The van der Waals surface area contributed by atoms with Gasteiger partial charge in [-0.25, -0.2) is 0 Å². The number of para-hydroxylation sites is 2. The van der Waals surface area contributed by atoms with Crippen LogP contribution in [0.1, 0.15) is 39.5 Å². The topological polar surface area (TPSA) is 27.7 Å². The van der Waals surface area contributed by atoms with Crippen LogP contribution in [0.5, 0.6) is 11.5 Å². The number of hydrogen-bond donors (Lipinski definition) is 0. The van der Waals surface area contributed by atoms with Crippen molar-refractivity contribution in [1.82, 2.24) is 0 Å². The average Bonchev–Trinajstić information content (AvgIpc) is 2.59. The van der Waals surface area contributed by atoms with Crippen molar-refractivity contribution >= 4 is 18.5 Å². The molecule has 0 aliphatic rings. The van der Waals surface area contributed by atoms with Crippen LogP contribution in [0.2, 0.25) is 0 Å². The maximum atomic E-state index is 5.93. The third kappa shape index (κ3) is 8.04. The van der Waals surface area contributed by atoms with Crippen LogP contribution in [-0.2, 0) is 16.3 Å². The van der Waals surface area contributed by atoms with Gasteiger partial charge in [0.15, 0.2) is 0 Å². The Hall–Kier alpha value is -1.35. The SMILES string of the molecule is CC(C)CCCCCOP(=S)(Oc1ccccc1)Oc1ccccc1. The zero-order valence-corrected chi connectivity index (χ0v) is 16.7. The highest BCUT2D eigenvalue weighted by Crippen LogP contribution is 2.50. The summed E-state index contributed by atoms with van der Waals surface area (Å²) in [5.74, 6) is 2.08. The van der Waals surface area contributed by atoms with Gasteiger partial charge in [0.05, 0.1) is 6.61 Å². The minimum Gasteiger partial charge on any atom is -0.416 e. The molecule has 0 aliphatic carbocycles. The first-order chi connectivity index (χ1) is 12.1. The maximum absolute atomic E-state index is 5.93. The molecule has 0 aromatic heterocycles. The molecule has 0 saturated carbocycles. The van der Waals surface area contributed by atoms with Gasteiger partial charge in [0.25, 0.3) is 0 Å². The predicted molar refractivity (Wildman–Crippen MR) is 108 cm³/mol. The molecule has 0 N–H and O–H groups in total. The molecule has 136 valence electrons. The summed E-state index contributed by atoms with van der Waals surface area (Å²) in [6, 6.07) is 18.9. The summed E-state index contributed by atoms with van der Waals surface area (Å²) in [5, 5.41) is 0. The van der Waals surface area contributed by atoms with Crippen molar-refractivity contribution in [2.75, 3.05) is 6.61 Å². The second-order valence-corrected chi connectivity index (χ2v) is 9.19. The molecule has 2 aromatic rings. The summed E-state index contributed by atoms with van der Waals surface area (Å²) in [5.41, 5.74) is 0. The second kappa shape index (κ2) is 10.6. The minimum atomic E-state index is -2.90. The molecule has 0 atom stereocenters. The molecule has 5 heteroatoms. The minimum absolute atomic E-state index is 0.551. The molecule has 2 aromatic carbocycles. The lowest BCUT2D eigenvalue weighted by atomic mass is 10.1. The molecule has 3 nitrogen and oxygen atoms in total. The summed E-state index contributed by atoms with van der Waals surface area (Å²) < 4.78 is 17.8. The molecule has 0 bridgehead atoms. The van der Waals surface area contributed by atoms with E-state index < -0.39 is 6.72 Å². The Morgan fingerprint density at radius 3 is 1.80 bits per heavy atom. The molecule has 0 amide bonds. The highest BCUT2D eigenvalue weighted by Gasteiger charge is 2.24. The first-order valence-electron chi connectivity index (χ1n) is 8.81. The number of hydrogen-bond acceptors (Lipinski definition) is 4. The van der Waals surface area contributed by atoms with Crippen molar-refractivity contribution in [3.8, 4) is 11.5 Å². The highest BCUT2D eigenvalue weighted by atomic mass is 32.5.